The zero-order valence-corrected chi connectivity index (χ0v) is 11.7. The Hall–Kier alpha value is -1.48. The third-order valence-corrected chi connectivity index (χ3v) is 3.04. The van der Waals surface area contributed by atoms with E-state index in [-0.39, 0.29) is 0 Å². The molecule has 18 heavy (non-hydrogen) atoms. The van der Waals surface area contributed by atoms with E-state index < -0.39 is 0 Å². The van der Waals surface area contributed by atoms with Crippen molar-refractivity contribution in [3.63, 3.8) is 0 Å². The van der Waals surface area contributed by atoms with Crippen LogP contribution in [-0.2, 0) is 0 Å². The molecular weight excluding hydrogens is 290 g/mol. The molecule has 0 aliphatic carbocycles. The summed E-state index contributed by atoms with van der Waals surface area (Å²) in [5.74, 6) is 0.932. The fraction of sp³-hybridized carbons (Fsp3) is 0.200. The lowest BCUT2D eigenvalue weighted by Gasteiger charge is -2.08. The molecule has 0 spiro atoms. The van der Waals surface area contributed by atoms with Gasteiger partial charge in [-0.3, -0.25) is 0 Å². The van der Waals surface area contributed by atoms with Gasteiger partial charge in [0.2, 0.25) is 0 Å². The highest BCUT2D eigenvalue weighted by Gasteiger charge is 1.93. The summed E-state index contributed by atoms with van der Waals surface area (Å²) < 4.78 is 6.71. The number of hydrogen-bond acceptors (Lipinski definition) is 2. The Bertz CT molecular complexity index is 456. The van der Waals surface area contributed by atoms with Crippen LogP contribution in [0.15, 0.2) is 59.1 Å². The summed E-state index contributed by atoms with van der Waals surface area (Å²) in [7, 11) is 0. The molecule has 94 valence electrons. The van der Waals surface area contributed by atoms with Gasteiger partial charge >= 0.3 is 0 Å². The predicted octanol–water partition coefficient (Wildman–Crippen LogP) is 4.33. The van der Waals surface area contributed by atoms with Gasteiger partial charge in [-0.25, -0.2) is 0 Å². The molecule has 0 aliphatic heterocycles. The van der Waals surface area contributed by atoms with Gasteiger partial charge in [-0.15, -0.1) is 0 Å². The van der Waals surface area contributed by atoms with E-state index in [1.807, 2.05) is 42.5 Å². The molecule has 0 saturated heterocycles. The Morgan fingerprint density at radius 2 is 1.67 bits per heavy atom. The highest BCUT2D eigenvalue weighted by molar-refractivity contribution is 9.10. The lowest BCUT2D eigenvalue weighted by molar-refractivity contribution is 0.315. The van der Waals surface area contributed by atoms with Crippen molar-refractivity contribution in [2.45, 2.75) is 6.42 Å². The minimum atomic E-state index is 0.730. The summed E-state index contributed by atoms with van der Waals surface area (Å²) in [5.41, 5.74) is 1.14. The van der Waals surface area contributed by atoms with E-state index in [9.17, 15) is 0 Å². The van der Waals surface area contributed by atoms with Gasteiger partial charge in [0, 0.05) is 16.7 Å². The smallest absolute Gasteiger partial charge is 0.119 e. The highest BCUT2D eigenvalue weighted by atomic mass is 79.9. The van der Waals surface area contributed by atoms with E-state index in [1.165, 1.54) is 0 Å². The lowest BCUT2D eigenvalue weighted by Crippen LogP contribution is -2.07. The van der Waals surface area contributed by atoms with E-state index in [0.717, 1.165) is 35.5 Å². The Morgan fingerprint density at radius 1 is 0.944 bits per heavy atom. The fourth-order valence-corrected chi connectivity index (χ4v) is 1.84. The zero-order chi connectivity index (χ0) is 12.6. The summed E-state index contributed by atoms with van der Waals surface area (Å²) in [5, 5.41) is 3.36. The van der Waals surface area contributed by atoms with Gasteiger partial charge in [-0.2, -0.15) is 0 Å². The quantitative estimate of drug-likeness (QED) is 0.802. The largest absolute Gasteiger partial charge is 0.494 e. The van der Waals surface area contributed by atoms with Gasteiger partial charge in [0.25, 0.3) is 0 Å². The predicted molar refractivity (Wildman–Crippen MR) is 79.2 cm³/mol. The molecule has 2 aromatic rings. The maximum atomic E-state index is 5.62. The van der Waals surface area contributed by atoms with Crippen LogP contribution < -0.4 is 10.1 Å². The minimum Gasteiger partial charge on any atom is -0.494 e. The van der Waals surface area contributed by atoms with Crippen LogP contribution in [0.4, 0.5) is 5.69 Å². The van der Waals surface area contributed by atoms with Crippen LogP contribution in [0.3, 0.4) is 0 Å². The Kier molecular flexibility index (Phi) is 5.09. The third kappa shape index (κ3) is 4.41. The minimum absolute atomic E-state index is 0.730. The molecular formula is C15H16BrNO. The summed E-state index contributed by atoms with van der Waals surface area (Å²) in [4.78, 5) is 0. The first-order valence-corrected chi connectivity index (χ1v) is 6.81. The van der Waals surface area contributed by atoms with Gasteiger partial charge in [0.15, 0.2) is 0 Å². The Morgan fingerprint density at radius 3 is 2.39 bits per heavy atom. The summed E-state index contributed by atoms with van der Waals surface area (Å²) in [6, 6.07) is 18.1. The van der Waals surface area contributed by atoms with Crippen molar-refractivity contribution < 1.29 is 4.74 Å². The van der Waals surface area contributed by atoms with E-state index in [1.54, 1.807) is 0 Å². The zero-order valence-electron chi connectivity index (χ0n) is 10.1. The lowest BCUT2D eigenvalue weighted by atomic mass is 10.3. The monoisotopic (exact) mass is 305 g/mol. The van der Waals surface area contributed by atoms with E-state index in [4.69, 9.17) is 4.74 Å². The number of ether oxygens (including phenoxy) is 1. The van der Waals surface area contributed by atoms with E-state index in [0.29, 0.717) is 0 Å². The molecule has 2 rings (SSSR count). The number of rotatable bonds is 6. The summed E-state index contributed by atoms with van der Waals surface area (Å²) in [6.07, 6.45) is 0.977. The van der Waals surface area contributed by atoms with Crippen molar-refractivity contribution in [1.29, 1.82) is 0 Å². The number of halogens is 1. The van der Waals surface area contributed by atoms with Gasteiger partial charge in [-0.1, -0.05) is 34.1 Å². The molecule has 0 bridgehead atoms. The Balaban J connectivity index is 1.63. The highest BCUT2D eigenvalue weighted by Crippen LogP contribution is 2.14. The third-order valence-electron chi connectivity index (χ3n) is 2.51. The number of benzene rings is 2. The second-order valence-electron chi connectivity index (χ2n) is 3.95. The van der Waals surface area contributed by atoms with Crippen LogP contribution in [0.2, 0.25) is 0 Å². The van der Waals surface area contributed by atoms with E-state index >= 15 is 0 Å². The topological polar surface area (TPSA) is 21.3 Å². The van der Waals surface area contributed by atoms with Crippen LogP contribution in [-0.4, -0.2) is 13.2 Å². The molecule has 2 nitrogen and oxygen atoms in total. The standard InChI is InChI=1S/C15H16BrNO/c16-13-7-9-14(10-8-13)17-11-4-12-18-15-5-2-1-3-6-15/h1-3,5-10,17H,4,11-12H2. The van der Waals surface area contributed by atoms with Gasteiger partial charge in [-0.05, 0) is 42.8 Å². The van der Waals surface area contributed by atoms with Crippen LogP contribution in [0.5, 0.6) is 5.75 Å². The first-order valence-electron chi connectivity index (χ1n) is 6.02. The Labute approximate surface area is 116 Å². The van der Waals surface area contributed by atoms with Crippen molar-refractivity contribution in [2.24, 2.45) is 0 Å². The average molecular weight is 306 g/mol. The van der Waals surface area contributed by atoms with Gasteiger partial charge in [0.05, 0.1) is 6.61 Å². The van der Waals surface area contributed by atoms with Crippen molar-refractivity contribution >= 4 is 21.6 Å². The molecule has 1 N–H and O–H groups in total. The molecule has 0 fully saturated rings. The van der Waals surface area contributed by atoms with Crippen molar-refractivity contribution in [1.82, 2.24) is 0 Å². The van der Waals surface area contributed by atoms with Crippen molar-refractivity contribution in [3.8, 4) is 5.75 Å². The maximum absolute atomic E-state index is 5.62. The van der Waals surface area contributed by atoms with Crippen LogP contribution in [0.1, 0.15) is 6.42 Å². The first-order chi connectivity index (χ1) is 8.84. The molecule has 0 unspecified atom stereocenters. The average Bonchev–Trinajstić information content (AvgIpc) is 2.42. The van der Waals surface area contributed by atoms with Crippen molar-refractivity contribution in [2.75, 3.05) is 18.5 Å². The second kappa shape index (κ2) is 7.07. The number of anilines is 1. The molecule has 0 atom stereocenters. The second-order valence-corrected chi connectivity index (χ2v) is 4.86. The number of nitrogens with one attached hydrogen (secondary N) is 1. The summed E-state index contributed by atoms with van der Waals surface area (Å²) in [6.45, 7) is 1.64. The number of hydrogen-bond donors (Lipinski definition) is 1. The van der Waals surface area contributed by atoms with Gasteiger partial charge < -0.3 is 10.1 Å². The normalized spacial score (nSPS) is 10.1. The molecule has 3 heteroatoms. The molecule has 2 aromatic carbocycles. The SMILES string of the molecule is Brc1ccc(NCCCOc2ccccc2)cc1. The fourth-order valence-electron chi connectivity index (χ4n) is 1.58. The van der Waals surface area contributed by atoms with Crippen molar-refractivity contribution in [3.05, 3.63) is 59.1 Å². The maximum Gasteiger partial charge on any atom is 0.119 e. The molecule has 0 radical (unpaired) electrons. The molecule has 0 heterocycles. The summed E-state index contributed by atoms with van der Waals surface area (Å²) >= 11 is 3.42. The molecule has 0 saturated carbocycles. The van der Waals surface area contributed by atoms with Crippen LogP contribution in [0.25, 0.3) is 0 Å². The molecule has 0 aromatic heterocycles. The van der Waals surface area contributed by atoms with E-state index in [2.05, 4.69) is 33.4 Å². The van der Waals surface area contributed by atoms with Crippen LogP contribution >= 0.6 is 15.9 Å². The number of para-hydroxylation sites is 1. The molecule has 0 amide bonds. The van der Waals surface area contributed by atoms with Gasteiger partial charge in [0.1, 0.15) is 5.75 Å². The first kappa shape index (κ1) is 13.0. The van der Waals surface area contributed by atoms with Crippen LogP contribution in [0, 0.1) is 0 Å². The molecule has 0 aliphatic rings.